The Bertz CT molecular complexity index is 907. The number of rotatable bonds is 5. The number of hydrogen-bond acceptors (Lipinski definition) is 4. The molecule has 1 amide bonds. The Hall–Kier alpha value is -3.22. The summed E-state index contributed by atoms with van der Waals surface area (Å²) < 4.78 is 20.6. The molecule has 132 valence electrons. The van der Waals surface area contributed by atoms with E-state index in [4.69, 9.17) is 4.74 Å². The van der Waals surface area contributed by atoms with Crippen molar-refractivity contribution in [1.29, 1.82) is 0 Å². The molecule has 4 rings (SSSR count). The van der Waals surface area contributed by atoms with Gasteiger partial charge in [-0.2, -0.15) is 0 Å². The predicted octanol–water partition coefficient (Wildman–Crippen LogP) is 2.69. The SMILES string of the molecule is O=C(c1cccc(F)c1)N1CC(n2cc(COc3ccccc3)nn2)C1. The van der Waals surface area contributed by atoms with E-state index in [1.807, 2.05) is 36.5 Å². The van der Waals surface area contributed by atoms with Crippen LogP contribution in [0.3, 0.4) is 0 Å². The van der Waals surface area contributed by atoms with Gasteiger partial charge in [-0.25, -0.2) is 9.07 Å². The fraction of sp³-hybridized carbons (Fsp3) is 0.211. The number of halogens is 1. The molecule has 0 bridgehead atoms. The Labute approximate surface area is 149 Å². The van der Waals surface area contributed by atoms with Crippen molar-refractivity contribution in [3.8, 4) is 5.75 Å². The number of amides is 1. The second kappa shape index (κ2) is 6.95. The van der Waals surface area contributed by atoms with E-state index in [-0.39, 0.29) is 11.9 Å². The molecule has 1 aliphatic rings. The first kappa shape index (κ1) is 16.3. The van der Waals surface area contributed by atoms with Crippen LogP contribution in [0.5, 0.6) is 5.75 Å². The average Bonchev–Trinajstić information content (AvgIpc) is 3.08. The Morgan fingerprint density at radius 1 is 1.15 bits per heavy atom. The molecule has 1 aliphatic heterocycles. The monoisotopic (exact) mass is 352 g/mol. The van der Waals surface area contributed by atoms with Crippen molar-refractivity contribution in [1.82, 2.24) is 19.9 Å². The zero-order valence-electron chi connectivity index (χ0n) is 14.0. The molecule has 0 atom stereocenters. The van der Waals surface area contributed by atoms with E-state index >= 15 is 0 Å². The molecule has 1 fully saturated rings. The van der Waals surface area contributed by atoms with E-state index in [1.54, 1.807) is 15.6 Å². The highest BCUT2D eigenvalue weighted by atomic mass is 19.1. The van der Waals surface area contributed by atoms with Gasteiger partial charge in [-0.3, -0.25) is 4.79 Å². The highest BCUT2D eigenvalue weighted by molar-refractivity contribution is 5.94. The molecule has 1 saturated heterocycles. The molecule has 0 saturated carbocycles. The van der Waals surface area contributed by atoms with Crippen LogP contribution in [0, 0.1) is 5.82 Å². The smallest absolute Gasteiger partial charge is 0.254 e. The summed E-state index contributed by atoms with van der Waals surface area (Å²) >= 11 is 0. The Balaban J connectivity index is 1.32. The summed E-state index contributed by atoms with van der Waals surface area (Å²) in [6.45, 7) is 1.39. The predicted molar refractivity (Wildman–Crippen MR) is 92.1 cm³/mol. The lowest BCUT2D eigenvalue weighted by Crippen LogP contribution is -2.50. The van der Waals surface area contributed by atoms with Crippen LogP contribution in [0.1, 0.15) is 22.1 Å². The minimum atomic E-state index is -0.410. The van der Waals surface area contributed by atoms with Gasteiger partial charge in [-0.05, 0) is 30.3 Å². The lowest BCUT2D eigenvalue weighted by atomic mass is 10.1. The molecular weight excluding hydrogens is 335 g/mol. The Kier molecular flexibility index (Phi) is 4.35. The third kappa shape index (κ3) is 3.42. The second-order valence-electron chi connectivity index (χ2n) is 6.17. The van der Waals surface area contributed by atoms with Gasteiger partial charge in [0.1, 0.15) is 23.9 Å². The van der Waals surface area contributed by atoms with Crippen molar-refractivity contribution in [2.75, 3.05) is 13.1 Å². The highest BCUT2D eigenvalue weighted by Crippen LogP contribution is 2.23. The number of aromatic nitrogens is 3. The van der Waals surface area contributed by atoms with Gasteiger partial charge in [0.05, 0.1) is 12.2 Å². The van der Waals surface area contributed by atoms with Crippen molar-refractivity contribution < 1.29 is 13.9 Å². The quantitative estimate of drug-likeness (QED) is 0.708. The molecule has 3 aromatic rings. The van der Waals surface area contributed by atoms with Gasteiger partial charge in [-0.15, -0.1) is 5.10 Å². The number of ether oxygens (including phenoxy) is 1. The summed E-state index contributed by atoms with van der Waals surface area (Å²) in [7, 11) is 0. The standard InChI is InChI=1S/C19H17FN4O2/c20-15-6-4-5-14(9-15)19(25)23-11-17(12-23)24-10-16(21-22-24)13-26-18-7-2-1-3-8-18/h1-10,17H,11-13H2. The van der Waals surface area contributed by atoms with Gasteiger partial charge < -0.3 is 9.64 Å². The Morgan fingerprint density at radius 3 is 2.73 bits per heavy atom. The van der Waals surface area contributed by atoms with E-state index < -0.39 is 5.82 Å². The van der Waals surface area contributed by atoms with Crippen LogP contribution in [0.15, 0.2) is 60.8 Å². The molecule has 0 radical (unpaired) electrons. The molecule has 1 aromatic heterocycles. The fourth-order valence-electron chi connectivity index (χ4n) is 2.82. The van der Waals surface area contributed by atoms with E-state index in [0.29, 0.717) is 25.3 Å². The summed E-state index contributed by atoms with van der Waals surface area (Å²) in [5.41, 5.74) is 1.09. The van der Waals surface area contributed by atoms with Gasteiger partial charge in [-0.1, -0.05) is 29.5 Å². The number of benzene rings is 2. The summed E-state index contributed by atoms with van der Waals surface area (Å²) in [6.07, 6.45) is 1.83. The molecule has 0 unspecified atom stereocenters. The minimum absolute atomic E-state index is 0.0745. The number of nitrogens with zero attached hydrogens (tertiary/aromatic N) is 4. The van der Waals surface area contributed by atoms with Crippen LogP contribution < -0.4 is 4.74 Å². The maximum absolute atomic E-state index is 13.2. The number of carbonyl (C=O) groups is 1. The van der Waals surface area contributed by atoms with Crippen LogP contribution in [-0.4, -0.2) is 38.9 Å². The topological polar surface area (TPSA) is 60.2 Å². The highest BCUT2D eigenvalue weighted by Gasteiger charge is 2.33. The first-order valence-electron chi connectivity index (χ1n) is 8.32. The lowest BCUT2D eigenvalue weighted by molar-refractivity contribution is 0.0498. The largest absolute Gasteiger partial charge is 0.487 e. The average molecular weight is 352 g/mol. The first-order valence-corrected chi connectivity index (χ1v) is 8.32. The third-order valence-electron chi connectivity index (χ3n) is 4.28. The number of hydrogen-bond donors (Lipinski definition) is 0. The summed E-state index contributed by atoms with van der Waals surface area (Å²) in [4.78, 5) is 14.0. The van der Waals surface area contributed by atoms with Crippen LogP contribution in [0.4, 0.5) is 4.39 Å². The van der Waals surface area contributed by atoms with Crippen molar-refractivity contribution in [2.24, 2.45) is 0 Å². The van der Waals surface area contributed by atoms with E-state index in [9.17, 15) is 9.18 Å². The molecule has 0 N–H and O–H groups in total. The molecule has 0 spiro atoms. The summed E-state index contributed by atoms with van der Waals surface area (Å²) in [5, 5.41) is 8.23. The van der Waals surface area contributed by atoms with Gasteiger partial charge in [0.2, 0.25) is 0 Å². The summed E-state index contributed by atoms with van der Waals surface area (Å²) in [5.74, 6) is 0.193. The molecular formula is C19H17FN4O2. The minimum Gasteiger partial charge on any atom is -0.487 e. The normalized spacial score (nSPS) is 14.1. The van der Waals surface area contributed by atoms with Crippen LogP contribution >= 0.6 is 0 Å². The maximum Gasteiger partial charge on any atom is 0.254 e. The van der Waals surface area contributed by atoms with Gasteiger partial charge in [0, 0.05) is 18.7 Å². The van der Waals surface area contributed by atoms with E-state index in [1.165, 1.54) is 18.2 Å². The maximum atomic E-state index is 13.2. The third-order valence-corrected chi connectivity index (χ3v) is 4.28. The molecule has 26 heavy (non-hydrogen) atoms. The van der Waals surface area contributed by atoms with Gasteiger partial charge in [0.25, 0.3) is 5.91 Å². The molecule has 6 nitrogen and oxygen atoms in total. The molecule has 7 heteroatoms. The lowest BCUT2D eigenvalue weighted by Gasteiger charge is -2.38. The fourth-order valence-corrected chi connectivity index (χ4v) is 2.82. The van der Waals surface area contributed by atoms with Crippen molar-refractivity contribution in [3.05, 3.63) is 77.9 Å². The number of para-hydroxylation sites is 1. The zero-order chi connectivity index (χ0) is 17.9. The zero-order valence-corrected chi connectivity index (χ0v) is 14.0. The van der Waals surface area contributed by atoms with Crippen molar-refractivity contribution in [2.45, 2.75) is 12.6 Å². The summed E-state index contributed by atoms with van der Waals surface area (Å²) in [6, 6.07) is 15.3. The molecule has 2 aromatic carbocycles. The number of carbonyl (C=O) groups excluding carboxylic acids is 1. The van der Waals surface area contributed by atoms with Gasteiger partial charge >= 0.3 is 0 Å². The number of likely N-dealkylation sites (tertiary alicyclic amines) is 1. The van der Waals surface area contributed by atoms with Gasteiger partial charge in [0.15, 0.2) is 0 Å². The first-order chi connectivity index (χ1) is 12.7. The molecule has 2 heterocycles. The van der Waals surface area contributed by atoms with Crippen molar-refractivity contribution in [3.63, 3.8) is 0 Å². The van der Waals surface area contributed by atoms with Crippen molar-refractivity contribution >= 4 is 5.91 Å². The second-order valence-corrected chi connectivity index (χ2v) is 6.17. The van der Waals surface area contributed by atoms with Crippen LogP contribution in [0.25, 0.3) is 0 Å². The van der Waals surface area contributed by atoms with E-state index in [2.05, 4.69) is 10.3 Å². The van der Waals surface area contributed by atoms with Crippen LogP contribution in [0.2, 0.25) is 0 Å². The Morgan fingerprint density at radius 2 is 1.96 bits per heavy atom. The van der Waals surface area contributed by atoms with Crippen LogP contribution in [-0.2, 0) is 6.61 Å². The van der Waals surface area contributed by atoms with E-state index in [0.717, 1.165) is 11.4 Å². The molecule has 0 aliphatic carbocycles.